The van der Waals surface area contributed by atoms with Crippen LogP contribution in [0.5, 0.6) is 11.6 Å². The van der Waals surface area contributed by atoms with Gasteiger partial charge in [0.1, 0.15) is 11.6 Å². The number of pyridine rings is 1. The highest BCUT2D eigenvalue weighted by Crippen LogP contribution is 2.30. The Kier molecular flexibility index (Phi) is 5.18. The molecule has 0 aliphatic rings. The van der Waals surface area contributed by atoms with Gasteiger partial charge in [-0.2, -0.15) is 13.2 Å². The summed E-state index contributed by atoms with van der Waals surface area (Å²) in [5.41, 5.74) is -0.995. The third-order valence-electron chi connectivity index (χ3n) is 2.86. The fourth-order valence-corrected chi connectivity index (χ4v) is 1.90. The Morgan fingerprint density at radius 3 is 2.25 bits per heavy atom. The summed E-state index contributed by atoms with van der Waals surface area (Å²) in [6.07, 6.45) is -4.04. The van der Waals surface area contributed by atoms with Crippen LogP contribution in [0, 0.1) is 0 Å². The van der Waals surface area contributed by atoms with E-state index < -0.39 is 29.4 Å². The summed E-state index contributed by atoms with van der Waals surface area (Å²) in [6, 6.07) is 9.46. The van der Waals surface area contributed by atoms with Crippen LogP contribution in [0.15, 0.2) is 48.7 Å². The van der Waals surface area contributed by atoms with Gasteiger partial charge in [-0.25, -0.2) is 9.78 Å². The van der Waals surface area contributed by atoms with Crippen LogP contribution in [0.2, 0.25) is 0 Å². The van der Waals surface area contributed by atoms with Gasteiger partial charge < -0.3 is 14.6 Å². The number of hydrogen-bond acceptors (Lipinski definition) is 4. The molecule has 0 saturated carbocycles. The highest BCUT2D eigenvalue weighted by Gasteiger charge is 2.44. The van der Waals surface area contributed by atoms with Crippen LogP contribution in [0.25, 0.3) is 0 Å². The normalized spacial score (nSPS) is 13.8. The minimum Gasteiger partial charge on any atom is -0.475 e. The summed E-state index contributed by atoms with van der Waals surface area (Å²) in [5, 5.41) is 9.39. The minimum atomic E-state index is -4.57. The van der Waals surface area contributed by atoms with E-state index in [1.807, 2.05) is 0 Å². The van der Waals surface area contributed by atoms with E-state index in [0.29, 0.717) is 12.3 Å². The van der Waals surface area contributed by atoms with Gasteiger partial charge in [-0.15, -0.1) is 11.6 Å². The number of rotatable bonds is 6. The van der Waals surface area contributed by atoms with Gasteiger partial charge >= 0.3 is 17.9 Å². The number of carbonyl (C=O) groups is 1. The Labute approximate surface area is 139 Å². The number of aromatic nitrogens is 1. The molecule has 1 unspecified atom stereocenters. The molecule has 0 saturated heterocycles. The molecule has 9 heteroatoms. The number of halogens is 4. The van der Waals surface area contributed by atoms with Crippen molar-refractivity contribution in [2.24, 2.45) is 0 Å². The molecular weight excluding hydrogens is 351 g/mol. The number of para-hydroxylation sites is 1. The summed E-state index contributed by atoms with van der Waals surface area (Å²) < 4.78 is 48.0. The highest BCUT2D eigenvalue weighted by molar-refractivity contribution is 6.20. The van der Waals surface area contributed by atoms with Gasteiger partial charge in [0.2, 0.25) is 5.88 Å². The van der Waals surface area contributed by atoms with Gasteiger partial charge in [-0.05, 0) is 18.2 Å². The zero-order chi connectivity index (χ0) is 17.8. The van der Waals surface area contributed by atoms with E-state index in [-0.39, 0.29) is 11.6 Å². The van der Waals surface area contributed by atoms with Crippen molar-refractivity contribution in [3.8, 4) is 11.6 Å². The van der Waals surface area contributed by atoms with Crippen LogP contribution >= 0.6 is 11.6 Å². The van der Waals surface area contributed by atoms with Gasteiger partial charge in [0.25, 0.3) is 0 Å². The second kappa shape index (κ2) is 6.96. The SMILES string of the molecule is O=C(O)C(CCl)(Oc1ccccc1)Oc1ccc(C(F)(F)F)cn1. The molecule has 5 nitrogen and oxygen atoms in total. The monoisotopic (exact) mass is 361 g/mol. The maximum absolute atomic E-state index is 12.5. The molecule has 0 amide bonds. The van der Waals surface area contributed by atoms with E-state index in [0.717, 1.165) is 6.07 Å². The fourth-order valence-electron chi connectivity index (χ4n) is 1.68. The molecule has 0 spiro atoms. The summed E-state index contributed by atoms with van der Waals surface area (Å²) >= 11 is 5.68. The zero-order valence-corrected chi connectivity index (χ0v) is 12.7. The van der Waals surface area contributed by atoms with Crippen molar-refractivity contribution < 1.29 is 32.5 Å². The first-order chi connectivity index (χ1) is 11.3. The summed E-state index contributed by atoms with van der Waals surface area (Å²) in [6.45, 7) is 0. The first-order valence-corrected chi connectivity index (χ1v) is 7.06. The number of carboxylic acids is 1. The van der Waals surface area contributed by atoms with Crippen molar-refractivity contribution in [1.29, 1.82) is 0 Å². The number of carboxylic acid groups (broad SMARTS) is 1. The number of aliphatic carboxylic acids is 1. The van der Waals surface area contributed by atoms with Crippen LogP contribution in [0.3, 0.4) is 0 Å². The topological polar surface area (TPSA) is 68.7 Å². The lowest BCUT2D eigenvalue weighted by molar-refractivity contribution is -0.180. The molecule has 0 fully saturated rings. The molecule has 1 atom stereocenters. The standard InChI is InChI=1S/C15H11ClF3NO4/c16-9-14(13(21)22,23-11-4-2-1-3-5-11)24-12-7-6-10(8-20-12)15(17,18)19/h1-8H,9H2,(H,21,22). The number of ether oxygens (including phenoxy) is 2. The van der Waals surface area contributed by atoms with Crippen molar-refractivity contribution in [1.82, 2.24) is 4.98 Å². The number of benzene rings is 1. The van der Waals surface area contributed by atoms with E-state index in [1.165, 1.54) is 12.1 Å². The lowest BCUT2D eigenvalue weighted by Crippen LogP contribution is -2.52. The Morgan fingerprint density at radius 2 is 1.79 bits per heavy atom. The second-order valence-corrected chi connectivity index (χ2v) is 4.86. The zero-order valence-electron chi connectivity index (χ0n) is 12.0. The van der Waals surface area contributed by atoms with Crippen LogP contribution in [-0.2, 0) is 11.0 Å². The summed E-state index contributed by atoms with van der Waals surface area (Å²) in [4.78, 5) is 15.0. The molecule has 1 N–H and O–H groups in total. The maximum Gasteiger partial charge on any atom is 0.417 e. The van der Waals surface area contributed by atoms with Crippen molar-refractivity contribution in [2.75, 3.05) is 5.88 Å². The quantitative estimate of drug-likeness (QED) is 0.629. The van der Waals surface area contributed by atoms with Gasteiger partial charge in [0.15, 0.2) is 0 Å². The average Bonchev–Trinajstić information content (AvgIpc) is 2.54. The molecule has 2 aromatic rings. The molecule has 0 aliphatic carbocycles. The molecule has 0 aliphatic heterocycles. The van der Waals surface area contributed by atoms with Crippen molar-refractivity contribution in [3.05, 3.63) is 54.2 Å². The van der Waals surface area contributed by atoms with Gasteiger partial charge in [-0.3, -0.25) is 0 Å². The highest BCUT2D eigenvalue weighted by atomic mass is 35.5. The molecule has 24 heavy (non-hydrogen) atoms. The maximum atomic E-state index is 12.5. The predicted molar refractivity (Wildman–Crippen MR) is 78.0 cm³/mol. The van der Waals surface area contributed by atoms with E-state index in [1.54, 1.807) is 18.2 Å². The Bertz CT molecular complexity index is 694. The number of hydrogen-bond donors (Lipinski definition) is 1. The molecular formula is C15H11ClF3NO4. The second-order valence-electron chi connectivity index (χ2n) is 4.59. The number of nitrogens with zero attached hydrogens (tertiary/aromatic N) is 1. The van der Waals surface area contributed by atoms with Crippen LogP contribution in [-0.4, -0.2) is 27.7 Å². The summed E-state index contributed by atoms with van der Waals surface area (Å²) in [5.74, 6) is -4.73. The van der Waals surface area contributed by atoms with E-state index >= 15 is 0 Å². The Hall–Kier alpha value is -2.48. The minimum absolute atomic E-state index is 0.160. The molecule has 1 heterocycles. The van der Waals surface area contributed by atoms with Crippen LogP contribution in [0.4, 0.5) is 13.2 Å². The predicted octanol–water partition coefficient (Wildman–Crippen LogP) is 3.58. The van der Waals surface area contributed by atoms with Crippen molar-refractivity contribution in [3.63, 3.8) is 0 Å². The van der Waals surface area contributed by atoms with E-state index in [4.69, 9.17) is 21.1 Å². The molecule has 1 aromatic heterocycles. The lowest BCUT2D eigenvalue weighted by Gasteiger charge is -2.28. The average molecular weight is 362 g/mol. The Morgan fingerprint density at radius 1 is 1.12 bits per heavy atom. The third kappa shape index (κ3) is 4.08. The first kappa shape index (κ1) is 17.9. The molecule has 2 rings (SSSR count). The number of alkyl halides is 4. The third-order valence-corrected chi connectivity index (χ3v) is 3.21. The van der Waals surface area contributed by atoms with Gasteiger partial charge in [0, 0.05) is 12.3 Å². The van der Waals surface area contributed by atoms with Gasteiger partial charge in [0.05, 0.1) is 5.56 Å². The smallest absolute Gasteiger partial charge is 0.417 e. The Balaban J connectivity index is 2.27. The molecule has 128 valence electrons. The first-order valence-electron chi connectivity index (χ1n) is 6.52. The van der Waals surface area contributed by atoms with Crippen molar-refractivity contribution >= 4 is 17.6 Å². The fraction of sp³-hybridized carbons (Fsp3) is 0.200. The summed E-state index contributed by atoms with van der Waals surface area (Å²) in [7, 11) is 0. The lowest BCUT2D eigenvalue weighted by atomic mass is 10.2. The van der Waals surface area contributed by atoms with Crippen molar-refractivity contribution in [2.45, 2.75) is 12.0 Å². The molecule has 0 radical (unpaired) electrons. The molecule has 1 aromatic carbocycles. The van der Waals surface area contributed by atoms with Crippen LogP contribution in [0.1, 0.15) is 5.56 Å². The van der Waals surface area contributed by atoms with E-state index in [9.17, 15) is 23.1 Å². The largest absolute Gasteiger partial charge is 0.475 e. The van der Waals surface area contributed by atoms with Gasteiger partial charge in [-0.1, -0.05) is 18.2 Å². The van der Waals surface area contributed by atoms with Crippen LogP contribution < -0.4 is 9.47 Å². The molecule has 0 bridgehead atoms. The van der Waals surface area contributed by atoms with E-state index in [2.05, 4.69) is 4.98 Å².